The van der Waals surface area contributed by atoms with Crippen LogP contribution in [0.15, 0.2) is 16.6 Å². The fourth-order valence-electron chi connectivity index (χ4n) is 2.02. The zero-order valence-corrected chi connectivity index (χ0v) is 11.7. The van der Waals surface area contributed by atoms with Crippen molar-refractivity contribution >= 4 is 27.5 Å². The summed E-state index contributed by atoms with van der Waals surface area (Å²) in [4.78, 5) is 0. The van der Waals surface area contributed by atoms with Crippen molar-refractivity contribution in [2.45, 2.75) is 32.4 Å². The van der Waals surface area contributed by atoms with E-state index in [0.29, 0.717) is 0 Å². The molecule has 2 atom stereocenters. The fraction of sp³-hybridized carbons (Fsp3) is 0.500. The third-order valence-electron chi connectivity index (χ3n) is 2.76. The Bertz CT molecular complexity index is 397. The number of hydrogen-bond acceptors (Lipinski definition) is 2. The molecule has 88 valence electrons. The van der Waals surface area contributed by atoms with Crippen LogP contribution in [-0.4, -0.2) is 12.6 Å². The summed E-state index contributed by atoms with van der Waals surface area (Å²) < 4.78 is 6.77. The van der Waals surface area contributed by atoms with E-state index in [0.717, 1.165) is 33.8 Å². The largest absolute Gasteiger partial charge is 0.487 e. The van der Waals surface area contributed by atoms with E-state index in [1.54, 1.807) is 0 Å². The number of hydrogen-bond donors (Lipinski definition) is 1. The van der Waals surface area contributed by atoms with Gasteiger partial charge < -0.3 is 10.1 Å². The normalized spacial score (nSPS) is 23.0. The molecule has 1 aromatic rings. The molecule has 0 bridgehead atoms. The van der Waals surface area contributed by atoms with E-state index in [2.05, 4.69) is 35.1 Å². The Morgan fingerprint density at radius 1 is 1.50 bits per heavy atom. The minimum absolute atomic E-state index is 0.149. The van der Waals surface area contributed by atoms with E-state index in [1.807, 2.05) is 12.1 Å². The number of benzene rings is 1. The highest BCUT2D eigenvalue weighted by molar-refractivity contribution is 9.10. The lowest BCUT2D eigenvalue weighted by atomic mass is 10.0. The monoisotopic (exact) mass is 303 g/mol. The van der Waals surface area contributed by atoms with Crippen LogP contribution < -0.4 is 10.1 Å². The quantitative estimate of drug-likeness (QED) is 0.914. The summed E-state index contributed by atoms with van der Waals surface area (Å²) in [7, 11) is 0. The van der Waals surface area contributed by atoms with Crippen LogP contribution >= 0.6 is 27.5 Å². The average Bonchev–Trinajstić information content (AvgIpc) is 2.53. The maximum Gasteiger partial charge on any atom is 0.139 e. The number of fused-ring (bicyclic) bond motifs is 1. The third kappa shape index (κ3) is 2.22. The first kappa shape index (κ1) is 12.2. The van der Waals surface area contributed by atoms with Gasteiger partial charge in [0.05, 0.1) is 10.5 Å². The van der Waals surface area contributed by atoms with Crippen molar-refractivity contribution in [3.63, 3.8) is 0 Å². The van der Waals surface area contributed by atoms with E-state index in [9.17, 15) is 0 Å². The van der Waals surface area contributed by atoms with Gasteiger partial charge in [-0.25, -0.2) is 0 Å². The maximum atomic E-state index is 6.06. The summed E-state index contributed by atoms with van der Waals surface area (Å²) in [5.74, 6) is 0.922. The zero-order chi connectivity index (χ0) is 11.7. The predicted octanol–water partition coefficient (Wildman–Crippen LogP) is 3.92. The van der Waals surface area contributed by atoms with E-state index in [4.69, 9.17) is 16.3 Å². The van der Waals surface area contributed by atoms with Crippen molar-refractivity contribution in [1.29, 1.82) is 0 Å². The van der Waals surface area contributed by atoms with Gasteiger partial charge >= 0.3 is 0 Å². The molecule has 0 radical (unpaired) electrons. The highest BCUT2D eigenvalue weighted by atomic mass is 79.9. The minimum Gasteiger partial charge on any atom is -0.487 e. The first-order chi connectivity index (χ1) is 7.63. The lowest BCUT2D eigenvalue weighted by Gasteiger charge is -2.16. The van der Waals surface area contributed by atoms with Crippen LogP contribution in [0.5, 0.6) is 5.75 Å². The molecule has 0 fully saturated rings. The second-order valence-electron chi connectivity index (χ2n) is 4.06. The highest BCUT2D eigenvalue weighted by Gasteiger charge is 2.32. The standard InChI is InChI=1S/C12H15BrClNO/c1-3-4-15-11-7(2)16-12-9(11)5-8(14)6-10(12)13/h5-7,11,15H,3-4H2,1-2H3. The third-order valence-corrected chi connectivity index (χ3v) is 3.57. The number of nitrogens with one attached hydrogen (secondary N) is 1. The lowest BCUT2D eigenvalue weighted by molar-refractivity contribution is 0.209. The van der Waals surface area contributed by atoms with Gasteiger partial charge in [0.2, 0.25) is 0 Å². The molecule has 16 heavy (non-hydrogen) atoms. The zero-order valence-electron chi connectivity index (χ0n) is 9.39. The molecule has 1 aliphatic rings. The molecule has 1 heterocycles. The molecule has 0 amide bonds. The number of ether oxygens (including phenoxy) is 1. The van der Waals surface area contributed by atoms with Crippen LogP contribution in [0.3, 0.4) is 0 Å². The second-order valence-corrected chi connectivity index (χ2v) is 5.35. The van der Waals surface area contributed by atoms with E-state index < -0.39 is 0 Å². The van der Waals surface area contributed by atoms with Crippen LogP contribution in [0.25, 0.3) is 0 Å². The molecule has 2 rings (SSSR count). The summed E-state index contributed by atoms with van der Waals surface area (Å²) in [6, 6.07) is 4.10. The molecule has 0 saturated carbocycles. The first-order valence-corrected chi connectivity index (χ1v) is 6.69. The topological polar surface area (TPSA) is 21.3 Å². The molecule has 4 heteroatoms. The molecule has 1 aliphatic heterocycles. The SMILES string of the molecule is CCCNC1c2cc(Cl)cc(Br)c2OC1C. The van der Waals surface area contributed by atoms with Gasteiger partial charge in [0, 0.05) is 10.6 Å². The van der Waals surface area contributed by atoms with Gasteiger partial charge in [-0.15, -0.1) is 0 Å². The molecule has 1 aromatic carbocycles. The molecular formula is C12H15BrClNO. The summed E-state index contributed by atoms with van der Waals surface area (Å²) >= 11 is 9.55. The van der Waals surface area contributed by atoms with Crippen molar-refractivity contribution < 1.29 is 4.74 Å². The predicted molar refractivity (Wildman–Crippen MR) is 70.3 cm³/mol. The van der Waals surface area contributed by atoms with Crippen molar-refractivity contribution in [2.75, 3.05) is 6.54 Å². The van der Waals surface area contributed by atoms with Crippen LogP contribution in [0.1, 0.15) is 31.9 Å². The van der Waals surface area contributed by atoms with Crippen LogP contribution in [0, 0.1) is 0 Å². The molecule has 0 spiro atoms. The molecule has 1 N–H and O–H groups in total. The molecular weight excluding hydrogens is 289 g/mol. The van der Waals surface area contributed by atoms with Gasteiger partial charge in [-0.05, 0) is 48.0 Å². The summed E-state index contributed by atoms with van der Waals surface area (Å²) in [5, 5.41) is 4.23. The number of halogens is 2. The van der Waals surface area contributed by atoms with Gasteiger partial charge in [0.1, 0.15) is 11.9 Å². The fourth-order valence-corrected chi connectivity index (χ4v) is 2.95. The van der Waals surface area contributed by atoms with Gasteiger partial charge in [-0.2, -0.15) is 0 Å². The molecule has 0 aliphatic carbocycles. The van der Waals surface area contributed by atoms with E-state index in [1.165, 1.54) is 0 Å². The molecule has 0 saturated heterocycles. The minimum atomic E-state index is 0.149. The van der Waals surface area contributed by atoms with Crippen molar-refractivity contribution in [3.05, 3.63) is 27.2 Å². The van der Waals surface area contributed by atoms with Crippen molar-refractivity contribution in [1.82, 2.24) is 5.32 Å². The van der Waals surface area contributed by atoms with Gasteiger partial charge in [-0.1, -0.05) is 18.5 Å². The molecule has 0 aromatic heterocycles. The Balaban J connectivity index is 2.32. The molecule has 2 nitrogen and oxygen atoms in total. The Kier molecular flexibility index (Phi) is 3.77. The van der Waals surface area contributed by atoms with Gasteiger partial charge in [0.25, 0.3) is 0 Å². The lowest BCUT2D eigenvalue weighted by Crippen LogP contribution is -2.29. The average molecular weight is 305 g/mol. The van der Waals surface area contributed by atoms with E-state index >= 15 is 0 Å². The molecule has 2 unspecified atom stereocenters. The summed E-state index contributed by atoms with van der Waals surface area (Å²) in [5.41, 5.74) is 1.15. The first-order valence-electron chi connectivity index (χ1n) is 5.52. The smallest absolute Gasteiger partial charge is 0.139 e. The highest BCUT2D eigenvalue weighted by Crippen LogP contribution is 2.43. The van der Waals surface area contributed by atoms with Crippen molar-refractivity contribution in [2.24, 2.45) is 0 Å². The second kappa shape index (κ2) is 4.94. The summed E-state index contributed by atoms with van der Waals surface area (Å²) in [6.45, 7) is 5.22. The van der Waals surface area contributed by atoms with Crippen LogP contribution in [0.4, 0.5) is 0 Å². The van der Waals surface area contributed by atoms with E-state index in [-0.39, 0.29) is 12.1 Å². The number of rotatable bonds is 3. The Morgan fingerprint density at radius 2 is 2.25 bits per heavy atom. The summed E-state index contributed by atoms with van der Waals surface area (Å²) in [6.07, 6.45) is 1.26. The van der Waals surface area contributed by atoms with Gasteiger partial charge in [-0.3, -0.25) is 0 Å². The van der Waals surface area contributed by atoms with Crippen molar-refractivity contribution in [3.8, 4) is 5.75 Å². The Labute approximate surface area is 109 Å². The Hall–Kier alpha value is -0.250. The maximum absolute atomic E-state index is 6.06. The van der Waals surface area contributed by atoms with Gasteiger partial charge in [0.15, 0.2) is 0 Å². The van der Waals surface area contributed by atoms with Crippen LogP contribution in [0.2, 0.25) is 5.02 Å². The Morgan fingerprint density at radius 3 is 2.94 bits per heavy atom. The van der Waals surface area contributed by atoms with Crippen LogP contribution in [-0.2, 0) is 0 Å².